The van der Waals surface area contributed by atoms with E-state index < -0.39 is 0 Å². The van der Waals surface area contributed by atoms with Crippen molar-refractivity contribution in [3.8, 4) is 22.5 Å². The van der Waals surface area contributed by atoms with Crippen molar-refractivity contribution in [2.24, 2.45) is 11.3 Å². The lowest BCUT2D eigenvalue weighted by molar-refractivity contribution is -0.103. The van der Waals surface area contributed by atoms with Crippen LogP contribution in [0, 0.1) is 17.2 Å². The molecule has 3 aliphatic carbocycles. The summed E-state index contributed by atoms with van der Waals surface area (Å²) in [6, 6.07) is 17.6. The molecule has 4 aromatic rings. The highest BCUT2D eigenvalue weighted by molar-refractivity contribution is 6.13. The van der Waals surface area contributed by atoms with Crippen molar-refractivity contribution in [3.63, 3.8) is 0 Å². The van der Waals surface area contributed by atoms with Gasteiger partial charge in [-0.3, -0.25) is 9.59 Å². The molecule has 188 valence electrons. The molecule has 3 fully saturated rings. The van der Waals surface area contributed by atoms with Crippen molar-refractivity contribution in [2.75, 3.05) is 7.11 Å². The van der Waals surface area contributed by atoms with Gasteiger partial charge >= 0.3 is 0 Å². The maximum atomic E-state index is 13.6. The standard InChI is InChI=1S/C32H29FO4/c1-3-27(34)30-26-13-25(21-5-4-6-22(11-21)28(35)17-32-14-19(15-32)16-32)23(18-36-2)12-29(26)37-31(30)20-7-9-24(33)10-8-20/h4-13,19H,3,14-18H2,1-2H3. The molecule has 2 bridgehead atoms. The summed E-state index contributed by atoms with van der Waals surface area (Å²) in [4.78, 5) is 26.3. The Balaban J connectivity index is 1.46. The minimum Gasteiger partial charge on any atom is -0.455 e. The number of ketones is 2. The van der Waals surface area contributed by atoms with Crippen LogP contribution in [-0.4, -0.2) is 18.7 Å². The van der Waals surface area contributed by atoms with Crippen LogP contribution in [0.25, 0.3) is 33.4 Å². The molecule has 1 heterocycles. The van der Waals surface area contributed by atoms with Gasteiger partial charge in [-0.15, -0.1) is 0 Å². The smallest absolute Gasteiger partial charge is 0.167 e. The van der Waals surface area contributed by atoms with Crippen LogP contribution in [0.3, 0.4) is 0 Å². The highest BCUT2D eigenvalue weighted by atomic mass is 19.1. The van der Waals surface area contributed by atoms with Gasteiger partial charge in [0.05, 0.1) is 12.2 Å². The first-order valence-electron chi connectivity index (χ1n) is 12.9. The van der Waals surface area contributed by atoms with E-state index in [4.69, 9.17) is 9.15 Å². The topological polar surface area (TPSA) is 56.5 Å². The van der Waals surface area contributed by atoms with Gasteiger partial charge in [-0.1, -0.05) is 25.1 Å². The van der Waals surface area contributed by atoms with E-state index in [0.717, 1.165) is 28.2 Å². The molecular weight excluding hydrogens is 467 g/mol. The number of methoxy groups -OCH3 is 1. The summed E-state index contributed by atoms with van der Waals surface area (Å²) < 4.78 is 25.3. The molecule has 0 radical (unpaired) electrons. The Morgan fingerprint density at radius 1 is 1.00 bits per heavy atom. The number of carbonyl (C=O) groups is 2. The fourth-order valence-electron chi connectivity index (χ4n) is 6.16. The van der Waals surface area contributed by atoms with Gasteiger partial charge in [-0.2, -0.15) is 0 Å². The van der Waals surface area contributed by atoms with Gasteiger partial charge in [0.2, 0.25) is 0 Å². The molecule has 0 N–H and O–H groups in total. The summed E-state index contributed by atoms with van der Waals surface area (Å²) in [5.74, 6) is 1.07. The number of ether oxygens (including phenoxy) is 1. The van der Waals surface area contributed by atoms with E-state index in [0.29, 0.717) is 47.3 Å². The molecule has 0 amide bonds. The van der Waals surface area contributed by atoms with Crippen LogP contribution in [0.2, 0.25) is 0 Å². The molecule has 0 saturated heterocycles. The Kier molecular flexibility index (Phi) is 5.84. The van der Waals surface area contributed by atoms with Gasteiger partial charge in [-0.25, -0.2) is 4.39 Å². The van der Waals surface area contributed by atoms with Crippen LogP contribution in [0.15, 0.2) is 65.1 Å². The molecule has 0 unspecified atom stereocenters. The molecule has 3 aliphatic rings. The second kappa shape index (κ2) is 9.07. The van der Waals surface area contributed by atoms with E-state index in [2.05, 4.69) is 0 Å². The SMILES string of the molecule is CCC(=O)c1c(-c2ccc(F)cc2)oc2cc(COC)c(-c3cccc(C(=O)CC45CC(C4)C5)c3)cc12. The molecule has 0 aliphatic heterocycles. The summed E-state index contributed by atoms with van der Waals surface area (Å²) in [5.41, 5.74) is 5.37. The fraction of sp³-hybridized carbons (Fsp3) is 0.312. The Labute approximate surface area is 215 Å². The average Bonchev–Trinajstić information content (AvgIpc) is 3.23. The third kappa shape index (κ3) is 4.11. The monoisotopic (exact) mass is 496 g/mol. The van der Waals surface area contributed by atoms with Crippen LogP contribution < -0.4 is 0 Å². The van der Waals surface area contributed by atoms with Gasteiger partial charge in [0.15, 0.2) is 11.6 Å². The van der Waals surface area contributed by atoms with Crippen molar-refractivity contribution < 1.29 is 23.1 Å². The van der Waals surface area contributed by atoms with Gasteiger partial charge in [0.25, 0.3) is 0 Å². The number of benzene rings is 3. The maximum absolute atomic E-state index is 13.6. The predicted octanol–water partition coefficient (Wildman–Crippen LogP) is 8.02. The number of hydrogen-bond donors (Lipinski definition) is 0. The van der Waals surface area contributed by atoms with Crippen LogP contribution in [0.5, 0.6) is 0 Å². The number of carbonyl (C=O) groups excluding carboxylic acids is 2. The summed E-state index contributed by atoms with van der Waals surface area (Å²) in [7, 11) is 1.63. The summed E-state index contributed by atoms with van der Waals surface area (Å²) in [5, 5.41) is 0.701. The van der Waals surface area contributed by atoms with Gasteiger partial charge in [0.1, 0.15) is 17.2 Å². The molecule has 3 saturated carbocycles. The molecule has 7 rings (SSSR count). The summed E-state index contributed by atoms with van der Waals surface area (Å²) in [6.45, 7) is 2.16. The molecule has 4 nitrogen and oxygen atoms in total. The largest absolute Gasteiger partial charge is 0.455 e. The molecule has 0 spiro atoms. The second-order valence-corrected chi connectivity index (χ2v) is 10.7. The number of halogens is 1. The Morgan fingerprint density at radius 2 is 1.76 bits per heavy atom. The third-order valence-corrected chi connectivity index (χ3v) is 8.12. The molecule has 37 heavy (non-hydrogen) atoms. The Morgan fingerprint density at radius 3 is 2.41 bits per heavy atom. The first-order valence-corrected chi connectivity index (χ1v) is 12.9. The molecule has 3 aromatic carbocycles. The zero-order chi connectivity index (χ0) is 25.7. The van der Waals surface area contributed by atoms with E-state index in [1.165, 1.54) is 31.4 Å². The quantitative estimate of drug-likeness (QED) is 0.220. The fourth-order valence-corrected chi connectivity index (χ4v) is 6.16. The van der Waals surface area contributed by atoms with E-state index >= 15 is 0 Å². The number of rotatable bonds is 9. The van der Waals surface area contributed by atoms with Crippen molar-refractivity contribution in [1.82, 2.24) is 0 Å². The van der Waals surface area contributed by atoms with E-state index in [-0.39, 0.29) is 22.8 Å². The Bertz CT molecular complexity index is 1510. The van der Waals surface area contributed by atoms with Crippen molar-refractivity contribution in [1.29, 1.82) is 0 Å². The van der Waals surface area contributed by atoms with Gasteiger partial charge < -0.3 is 9.15 Å². The molecule has 5 heteroatoms. The minimum atomic E-state index is -0.351. The first-order chi connectivity index (χ1) is 17.9. The first kappa shape index (κ1) is 23.8. The van der Waals surface area contributed by atoms with Crippen molar-refractivity contribution in [3.05, 3.63) is 83.2 Å². The average molecular weight is 497 g/mol. The second-order valence-electron chi connectivity index (χ2n) is 10.7. The lowest BCUT2D eigenvalue weighted by Gasteiger charge is -2.62. The zero-order valence-electron chi connectivity index (χ0n) is 21.1. The minimum absolute atomic E-state index is 0.0500. The van der Waals surface area contributed by atoms with Crippen LogP contribution in [0.4, 0.5) is 4.39 Å². The predicted molar refractivity (Wildman–Crippen MR) is 141 cm³/mol. The highest BCUT2D eigenvalue weighted by Gasteiger charge is 2.56. The number of hydrogen-bond acceptors (Lipinski definition) is 4. The van der Waals surface area contributed by atoms with Crippen LogP contribution in [-0.2, 0) is 11.3 Å². The summed E-state index contributed by atoms with van der Waals surface area (Å²) >= 11 is 0. The van der Waals surface area contributed by atoms with Crippen LogP contribution in [0.1, 0.15) is 65.3 Å². The zero-order valence-corrected chi connectivity index (χ0v) is 21.1. The van der Waals surface area contributed by atoms with Gasteiger partial charge in [-0.05, 0) is 89.8 Å². The van der Waals surface area contributed by atoms with Crippen molar-refractivity contribution >= 4 is 22.5 Å². The number of Topliss-reactive ketones (excluding diaryl/α,β-unsaturated/α-hetero) is 2. The molecule has 0 atom stereocenters. The Hall–Kier alpha value is -3.57. The summed E-state index contributed by atoms with van der Waals surface area (Å²) in [6.07, 6.45) is 4.51. The van der Waals surface area contributed by atoms with Crippen molar-refractivity contribution in [2.45, 2.75) is 45.6 Å². The number of furan rings is 1. The normalized spacial score (nSPS) is 19.9. The molecular formula is C32H29FO4. The highest BCUT2D eigenvalue weighted by Crippen LogP contribution is 2.66. The number of fused-ring (bicyclic) bond motifs is 1. The van der Waals surface area contributed by atoms with Gasteiger partial charge in [0, 0.05) is 36.5 Å². The van der Waals surface area contributed by atoms with E-state index in [1.54, 1.807) is 19.2 Å². The lowest BCUT2D eigenvalue weighted by Crippen LogP contribution is -2.52. The van der Waals surface area contributed by atoms with E-state index in [1.807, 2.05) is 43.3 Å². The van der Waals surface area contributed by atoms with E-state index in [9.17, 15) is 14.0 Å². The third-order valence-electron chi connectivity index (χ3n) is 8.12. The molecule has 1 aromatic heterocycles. The maximum Gasteiger partial charge on any atom is 0.167 e. The van der Waals surface area contributed by atoms with Crippen LogP contribution >= 0.6 is 0 Å². The lowest BCUT2D eigenvalue weighted by atomic mass is 9.43.